The highest BCUT2D eigenvalue weighted by Gasteiger charge is 2.45. The second-order valence-corrected chi connectivity index (χ2v) is 6.48. The van der Waals surface area contributed by atoms with Gasteiger partial charge in [0.25, 0.3) is 0 Å². The fourth-order valence-electron chi connectivity index (χ4n) is 3.10. The fourth-order valence-corrected chi connectivity index (χ4v) is 3.10. The maximum absolute atomic E-state index is 12.3. The van der Waals surface area contributed by atoms with Crippen LogP contribution < -0.4 is 0 Å². The minimum atomic E-state index is -0.644. The van der Waals surface area contributed by atoms with Crippen molar-refractivity contribution in [1.82, 2.24) is 4.90 Å². The first kappa shape index (κ1) is 11.9. The van der Waals surface area contributed by atoms with Gasteiger partial charge in [0.15, 0.2) is 0 Å². The van der Waals surface area contributed by atoms with Gasteiger partial charge in [-0.15, -0.1) is 0 Å². The highest BCUT2D eigenvalue weighted by Crippen LogP contribution is 2.42. The Morgan fingerprint density at radius 2 is 1.88 bits per heavy atom. The summed E-state index contributed by atoms with van der Waals surface area (Å²) in [6.07, 6.45) is 4.58. The summed E-state index contributed by atoms with van der Waals surface area (Å²) in [5.41, 5.74) is -0.509. The number of hydrogen-bond donors (Lipinski definition) is 1. The van der Waals surface area contributed by atoms with Crippen molar-refractivity contribution in [3.05, 3.63) is 0 Å². The van der Waals surface area contributed by atoms with Gasteiger partial charge < -0.3 is 10.0 Å². The lowest BCUT2D eigenvalue weighted by atomic mass is 9.68. The van der Waals surface area contributed by atoms with Gasteiger partial charge in [-0.1, -0.05) is 26.7 Å². The molecule has 16 heavy (non-hydrogen) atoms. The van der Waals surface area contributed by atoms with Crippen LogP contribution in [0.15, 0.2) is 0 Å². The monoisotopic (exact) mass is 225 g/mol. The maximum atomic E-state index is 12.3. The molecule has 1 atom stereocenters. The zero-order valence-electron chi connectivity index (χ0n) is 10.6. The highest BCUT2D eigenvalue weighted by atomic mass is 16.3. The van der Waals surface area contributed by atoms with E-state index in [0.717, 1.165) is 12.8 Å². The lowest BCUT2D eigenvalue weighted by molar-refractivity contribution is -0.162. The van der Waals surface area contributed by atoms with Gasteiger partial charge in [-0.05, 0) is 25.2 Å². The highest BCUT2D eigenvalue weighted by molar-refractivity contribution is 5.80. The summed E-state index contributed by atoms with van der Waals surface area (Å²) in [5.74, 6) is 0.425. The van der Waals surface area contributed by atoms with Gasteiger partial charge in [0.1, 0.15) is 0 Å². The molecule has 1 aliphatic heterocycles. The van der Waals surface area contributed by atoms with Crippen molar-refractivity contribution < 1.29 is 9.90 Å². The smallest absolute Gasteiger partial charge is 0.226 e. The van der Waals surface area contributed by atoms with Crippen molar-refractivity contribution in [1.29, 1.82) is 0 Å². The van der Waals surface area contributed by atoms with Crippen LogP contribution in [0.2, 0.25) is 0 Å². The third-order valence-corrected chi connectivity index (χ3v) is 4.18. The maximum Gasteiger partial charge on any atom is 0.226 e. The van der Waals surface area contributed by atoms with E-state index in [1.54, 1.807) is 6.92 Å². The number of nitrogens with zero attached hydrogens (tertiary/aromatic N) is 1. The molecule has 0 aromatic rings. The van der Waals surface area contributed by atoms with Crippen molar-refractivity contribution in [3.63, 3.8) is 0 Å². The van der Waals surface area contributed by atoms with Crippen molar-refractivity contribution in [2.45, 2.75) is 52.1 Å². The topological polar surface area (TPSA) is 40.5 Å². The van der Waals surface area contributed by atoms with Crippen molar-refractivity contribution in [2.24, 2.45) is 11.3 Å². The summed E-state index contributed by atoms with van der Waals surface area (Å²) in [6.45, 7) is 7.22. The van der Waals surface area contributed by atoms with Crippen LogP contribution in [0.25, 0.3) is 0 Å². The summed E-state index contributed by atoms with van der Waals surface area (Å²) < 4.78 is 0. The Balaban J connectivity index is 1.99. The molecule has 3 nitrogen and oxygen atoms in total. The summed E-state index contributed by atoms with van der Waals surface area (Å²) in [5, 5.41) is 9.67. The standard InChI is InChI=1S/C13H23NO2/c1-12(2)7-5-4-6-10(12)11(15)14-8-13(3,16)9-14/h10,16H,4-9H2,1-3H3. The summed E-state index contributed by atoms with van der Waals surface area (Å²) in [7, 11) is 0. The molecule has 1 heterocycles. The second-order valence-electron chi connectivity index (χ2n) is 6.48. The van der Waals surface area contributed by atoms with Crippen LogP contribution in [0.3, 0.4) is 0 Å². The zero-order valence-corrected chi connectivity index (χ0v) is 10.6. The summed E-state index contributed by atoms with van der Waals surface area (Å²) in [4.78, 5) is 14.1. The number of hydrogen-bond acceptors (Lipinski definition) is 2. The van der Waals surface area contributed by atoms with E-state index in [0.29, 0.717) is 13.1 Å². The lowest BCUT2D eigenvalue weighted by Crippen LogP contribution is -2.63. The van der Waals surface area contributed by atoms with Crippen LogP contribution >= 0.6 is 0 Å². The summed E-state index contributed by atoms with van der Waals surface area (Å²) in [6, 6.07) is 0. The number of amides is 1. The van der Waals surface area contributed by atoms with Crippen LogP contribution in [0.5, 0.6) is 0 Å². The van der Waals surface area contributed by atoms with Gasteiger partial charge >= 0.3 is 0 Å². The van der Waals surface area contributed by atoms with E-state index in [4.69, 9.17) is 0 Å². The molecule has 2 fully saturated rings. The number of carbonyl (C=O) groups excluding carboxylic acids is 1. The van der Waals surface area contributed by atoms with Gasteiger partial charge in [-0.2, -0.15) is 0 Å². The molecule has 1 aliphatic carbocycles. The quantitative estimate of drug-likeness (QED) is 0.739. The molecular formula is C13H23NO2. The Morgan fingerprint density at radius 1 is 1.25 bits per heavy atom. The van der Waals surface area contributed by atoms with Crippen LogP contribution in [0, 0.1) is 11.3 Å². The van der Waals surface area contributed by atoms with E-state index in [1.165, 1.54) is 12.8 Å². The zero-order chi connectivity index (χ0) is 12.0. The Labute approximate surface area is 97.8 Å². The normalized spacial score (nSPS) is 32.0. The van der Waals surface area contributed by atoms with E-state index >= 15 is 0 Å². The van der Waals surface area contributed by atoms with Gasteiger partial charge in [0.2, 0.25) is 5.91 Å². The first-order valence-corrected chi connectivity index (χ1v) is 6.33. The first-order chi connectivity index (χ1) is 7.32. The molecule has 1 amide bonds. The average molecular weight is 225 g/mol. The van der Waals surface area contributed by atoms with Crippen molar-refractivity contribution >= 4 is 5.91 Å². The number of carbonyl (C=O) groups is 1. The fraction of sp³-hybridized carbons (Fsp3) is 0.923. The number of likely N-dealkylation sites (tertiary alicyclic amines) is 1. The van der Waals surface area contributed by atoms with Crippen LogP contribution in [0.4, 0.5) is 0 Å². The number of rotatable bonds is 1. The Morgan fingerprint density at radius 3 is 2.38 bits per heavy atom. The predicted molar refractivity (Wildman–Crippen MR) is 62.9 cm³/mol. The summed E-state index contributed by atoms with van der Waals surface area (Å²) >= 11 is 0. The third kappa shape index (κ3) is 2.10. The molecular weight excluding hydrogens is 202 g/mol. The molecule has 1 N–H and O–H groups in total. The molecule has 1 saturated heterocycles. The molecule has 1 saturated carbocycles. The van der Waals surface area contributed by atoms with E-state index < -0.39 is 5.60 Å². The van der Waals surface area contributed by atoms with E-state index in [2.05, 4.69) is 13.8 Å². The van der Waals surface area contributed by atoms with Gasteiger partial charge in [-0.25, -0.2) is 0 Å². The van der Waals surface area contributed by atoms with Crippen molar-refractivity contribution in [3.8, 4) is 0 Å². The average Bonchev–Trinajstić information content (AvgIpc) is 2.12. The Bertz CT molecular complexity index is 288. The van der Waals surface area contributed by atoms with Crippen molar-refractivity contribution in [2.75, 3.05) is 13.1 Å². The Kier molecular flexibility index (Phi) is 2.77. The molecule has 2 rings (SSSR count). The van der Waals surface area contributed by atoms with E-state index in [-0.39, 0.29) is 17.2 Å². The van der Waals surface area contributed by atoms with Crippen LogP contribution in [-0.4, -0.2) is 34.6 Å². The molecule has 1 unspecified atom stereocenters. The predicted octanol–water partition coefficient (Wildman–Crippen LogP) is 1.80. The van der Waals surface area contributed by atoms with Gasteiger partial charge in [0.05, 0.1) is 18.7 Å². The molecule has 0 aromatic carbocycles. The molecule has 2 aliphatic rings. The van der Waals surface area contributed by atoms with Crippen LogP contribution in [0.1, 0.15) is 46.5 Å². The number of aliphatic hydroxyl groups is 1. The molecule has 0 aromatic heterocycles. The second kappa shape index (κ2) is 3.73. The van der Waals surface area contributed by atoms with Crippen LogP contribution in [-0.2, 0) is 4.79 Å². The van der Waals surface area contributed by atoms with E-state index in [9.17, 15) is 9.90 Å². The minimum absolute atomic E-state index is 0.136. The van der Waals surface area contributed by atoms with Gasteiger partial charge in [-0.3, -0.25) is 4.79 Å². The molecule has 92 valence electrons. The van der Waals surface area contributed by atoms with E-state index in [1.807, 2.05) is 4.90 Å². The first-order valence-electron chi connectivity index (χ1n) is 6.33. The lowest BCUT2D eigenvalue weighted by Gasteiger charge is -2.48. The SMILES string of the molecule is CC1(O)CN(C(=O)C2CCCCC2(C)C)C1. The Hall–Kier alpha value is -0.570. The minimum Gasteiger partial charge on any atom is -0.386 e. The third-order valence-electron chi connectivity index (χ3n) is 4.18. The van der Waals surface area contributed by atoms with Gasteiger partial charge in [0, 0.05) is 5.92 Å². The molecule has 3 heteroatoms. The largest absolute Gasteiger partial charge is 0.386 e. The molecule has 0 radical (unpaired) electrons. The molecule has 0 bridgehead atoms. The number of β-amino-alcohol motifs (C(OH)–C–C–N with tert-alkyl or cyclic N) is 1. The molecule has 0 spiro atoms.